The van der Waals surface area contributed by atoms with E-state index in [2.05, 4.69) is 11.2 Å². The number of likely N-dealkylation sites (tertiary alicyclic amines) is 1. The molecule has 1 saturated heterocycles. The van der Waals surface area contributed by atoms with E-state index in [1.54, 1.807) is 61.9 Å². The number of ether oxygens (including phenoxy) is 1. The molecular formula is C26H31FN4O3. The molecule has 0 N–H and O–H groups in total. The van der Waals surface area contributed by atoms with Crippen LogP contribution in [0.2, 0.25) is 0 Å². The lowest BCUT2D eigenvalue weighted by molar-refractivity contribution is -0.126. The number of carbonyl (C=O) groups excluding carboxylic acids is 2. The van der Waals surface area contributed by atoms with E-state index < -0.39 is 29.5 Å². The third-order valence-electron chi connectivity index (χ3n) is 6.71. The van der Waals surface area contributed by atoms with Crippen LogP contribution in [0.1, 0.15) is 52.0 Å². The minimum absolute atomic E-state index is 0.00630. The Morgan fingerprint density at radius 1 is 1.29 bits per heavy atom. The van der Waals surface area contributed by atoms with Gasteiger partial charge in [-0.25, -0.2) is 9.18 Å². The minimum Gasteiger partial charge on any atom is -0.444 e. The molecule has 1 aromatic carbocycles. The zero-order valence-corrected chi connectivity index (χ0v) is 20.1. The van der Waals surface area contributed by atoms with Crippen LogP contribution in [0, 0.1) is 29.0 Å². The second-order valence-electron chi connectivity index (χ2n) is 10.5. The van der Waals surface area contributed by atoms with Crippen molar-refractivity contribution in [1.82, 2.24) is 14.7 Å². The maximum atomic E-state index is 14.8. The van der Waals surface area contributed by atoms with E-state index in [1.807, 2.05) is 0 Å². The van der Waals surface area contributed by atoms with Gasteiger partial charge in [0, 0.05) is 31.3 Å². The standard InChI is InChI=1S/C26H31FN4O3/c1-26(2,3)34-25(33)31-21-8-7-19(11-21)24(31)23(32)10-16(13-28)9-18-6-5-17(12-22(18)27)20-14-29-30(4)15-20/h5-6,12,14-16,19,21,24H,7-11H2,1-4H3/t16-,19+,21-,24+/m1/s1. The number of hydrogen-bond acceptors (Lipinski definition) is 5. The largest absolute Gasteiger partial charge is 0.444 e. The molecule has 4 atom stereocenters. The fraction of sp³-hybridized carbons (Fsp3) is 0.538. The highest BCUT2D eigenvalue weighted by atomic mass is 19.1. The molecule has 0 unspecified atom stereocenters. The predicted molar refractivity (Wildman–Crippen MR) is 124 cm³/mol. The number of aromatic nitrogens is 2. The van der Waals surface area contributed by atoms with Crippen LogP contribution >= 0.6 is 0 Å². The summed E-state index contributed by atoms with van der Waals surface area (Å²) in [5, 5.41) is 13.8. The SMILES string of the molecule is Cn1cc(-c2ccc(C[C@@H](C#N)CC(=O)[C@@H]3[C@H]4CC[C@H](C4)N3C(=O)OC(C)(C)C)c(F)c2)cn1. The van der Waals surface area contributed by atoms with Crippen molar-refractivity contribution < 1.29 is 18.7 Å². The summed E-state index contributed by atoms with van der Waals surface area (Å²) in [5.41, 5.74) is 1.25. The third-order valence-corrected chi connectivity index (χ3v) is 6.71. The van der Waals surface area contributed by atoms with Crippen molar-refractivity contribution in [1.29, 1.82) is 5.26 Å². The van der Waals surface area contributed by atoms with E-state index in [-0.39, 0.29) is 30.6 Å². The van der Waals surface area contributed by atoms with Gasteiger partial charge in [-0.1, -0.05) is 12.1 Å². The van der Waals surface area contributed by atoms with Gasteiger partial charge in [0.1, 0.15) is 11.4 Å². The molecule has 1 saturated carbocycles. The molecule has 2 bridgehead atoms. The van der Waals surface area contributed by atoms with Gasteiger partial charge in [0.05, 0.1) is 24.2 Å². The van der Waals surface area contributed by atoms with Gasteiger partial charge in [0.2, 0.25) is 0 Å². The number of hydrogen-bond donors (Lipinski definition) is 0. The Balaban J connectivity index is 1.45. The zero-order valence-electron chi connectivity index (χ0n) is 20.1. The number of aryl methyl sites for hydroxylation is 1. The van der Waals surface area contributed by atoms with E-state index in [9.17, 15) is 19.2 Å². The first-order chi connectivity index (χ1) is 16.1. The molecular weight excluding hydrogens is 435 g/mol. The molecule has 34 heavy (non-hydrogen) atoms. The number of Topliss-reactive ketones (excluding diaryl/α,β-unsaturated/α-hetero) is 1. The number of nitriles is 1. The molecule has 8 heteroatoms. The van der Waals surface area contributed by atoms with Crippen molar-refractivity contribution in [3.63, 3.8) is 0 Å². The van der Waals surface area contributed by atoms with Crippen molar-refractivity contribution in [3.05, 3.63) is 42.0 Å². The van der Waals surface area contributed by atoms with Gasteiger partial charge in [-0.15, -0.1) is 0 Å². The van der Waals surface area contributed by atoms with Crippen molar-refractivity contribution in [2.24, 2.45) is 18.9 Å². The van der Waals surface area contributed by atoms with Crippen molar-refractivity contribution in [2.75, 3.05) is 0 Å². The Labute approximate surface area is 199 Å². The molecule has 0 spiro atoms. The topological polar surface area (TPSA) is 88.2 Å². The smallest absolute Gasteiger partial charge is 0.411 e. The van der Waals surface area contributed by atoms with Crippen LogP contribution < -0.4 is 0 Å². The van der Waals surface area contributed by atoms with Crippen LogP contribution in [0.3, 0.4) is 0 Å². The summed E-state index contributed by atoms with van der Waals surface area (Å²) in [6, 6.07) is 6.51. The molecule has 0 radical (unpaired) electrons. The van der Waals surface area contributed by atoms with Crippen LogP contribution in [0.25, 0.3) is 11.1 Å². The average molecular weight is 467 g/mol. The number of fused-ring (bicyclic) bond motifs is 2. The third kappa shape index (κ3) is 4.98. The minimum atomic E-state index is -0.675. The molecule has 180 valence electrons. The summed E-state index contributed by atoms with van der Waals surface area (Å²) < 4.78 is 22.0. The van der Waals surface area contributed by atoms with E-state index >= 15 is 0 Å². The maximum Gasteiger partial charge on any atom is 0.411 e. The Morgan fingerprint density at radius 3 is 2.68 bits per heavy atom. The molecule has 1 amide bonds. The summed E-state index contributed by atoms with van der Waals surface area (Å²) >= 11 is 0. The molecule has 1 aliphatic carbocycles. The number of amides is 1. The molecule has 2 aliphatic rings. The van der Waals surface area contributed by atoms with Crippen molar-refractivity contribution in [2.45, 2.75) is 70.6 Å². The number of benzene rings is 1. The second kappa shape index (κ2) is 9.21. The predicted octanol–water partition coefficient (Wildman–Crippen LogP) is 4.66. The second-order valence-corrected chi connectivity index (χ2v) is 10.5. The van der Waals surface area contributed by atoms with Gasteiger partial charge in [0.25, 0.3) is 0 Å². The maximum absolute atomic E-state index is 14.8. The quantitative estimate of drug-likeness (QED) is 0.618. The van der Waals surface area contributed by atoms with Crippen LogP contribution in [0.15, 0.2) is 30.6 Å². The number of carbonyl (C=O) groups is 2. The number of halogens is 1. The molecule has 1 aromatic heterocycles. The Morgan fingerprint density at radius 2 is 2.06 bits per heavy atom. The van der Waals surface area contributed by atoms with Gasteiger partial charge < -0.3 is 4.74 Å². The average Bonchev–Trinajstić information content (AvgIpc) is 3.49. The van der Waals surface area contributed by atoms with E-state index in [1.165, 1.54) is 6.07 Å². The molecule has 4 rings (SSSR count). The monoisotopic (exact) mass is 466 g/mol. The molecule has 2 heterocycles. The lowest BCUT2D eigenvalue weighted by atomic mass is 9.87. The first-order valence-corrected chi connectivity index (χ1v) is 11.8. The highest BCUT2D eigenvalue weighted by Gasteiger charge is 2.52. The molecule has 1 aliphatic heterocycles. The van der Waals surface area contributed by atoms with Crippen LogP contribution in [0.5, 0.6) is 0 Å². The Hall–Kier alpha value is -3.21. The van der Waals surface area contributed by atoms with Gasteiger partial charge >= 0.3 is 6.09 Å². The van der Waals surface area contributed by atoms with E-state index in [0.717, 1.165) is 24.8 Å². The van der Waals surface area contributed by atoms with Gasteiger partial charge in [-0.3, -0.25) is 14.4 Å². The zero-order chi connectivity index (χ0) is 24.6. The van der Waals surface area contributed by atoms with Crippen molar-refractivity contribution in [3.8, 4) is 17.2 Å². The number of rotatable bonds is 6. The highest BCUT2D eigenvalue weighted by Crippen LogP contribution is 2.44. The van der Waals surface area contributed by atoms with Gasteiger partial charge in [0.15, 0.2) is 5.78 Å². The Kier molecular flexibility index (Phi) is 6.48. The summed E-state index contributed by atoms with van der Waals surface area (Å²) in [7, 11) is 1.79. The fourth-order valence-electron chi connectivity index (χ4n) is 5.24. The highest BCUT2D eigenvalue weighted by molar-refractivity contribution is 5.89. The van der Waals surface area contributed by atoms with E-state index in [0.29, 0.717) is 11.1 Å². The fourth-order valence-corrected chi connectivity index (χ4v) is 5.24. The number of piperidine rings is 1. The summed E-state index contributed by atoms with van der Waals surface area (Å²) in [6.45, 7) is 5.40. The summed E-state index contributed by atoms with van der Waals surface area (Å²) in [5.74, 6) is -1.13. The number of ketones is 1. The lowest BCUT2D eigenvalue weighted by Crippen LogP contribution is -2.51. The first kappa shape index (κ1) is 23.9. The Bertz CT molecular complexity index is 1130. The van der Waals surface area contributed by atoms with Gasteiger partial charge in [-0.05, 0) is 69.6 Å². The first-order valence-electron chi connectivity index (χ1n) is 11.8. The summed E-state index contributed by atoms with van der Waals surface area (Å²) in [4.78, 5) is 27.7. The molecule has 7 nitrogen and oxygen atoms in total. The summed E-state index contributed by atoms with van der Waals surface area (Å²) in [6.07, 6.45) is 5.66. The lowest BCUT2D eigenvalue weighted by Gasteiger charge is -2.35. The molecule has 2 aromatic rings. The van der Waals surface area contributed by atoms with Crippen LogP contribution in [-0.4, -0.2) is 44.2 Å². The molecule has 2 fully saturated rings. The van der Waals surface area contributed by atoms with Crippen LogP contribution in [-0.2, 0) is 23.0 Å². The number of nitrogens with zero attached hydrogens (tertiary/aromatic N) is 4. The normalized spacial score (nSPS) is 22.5. The van der Waals surface area contributed by atoms with E-state index in [4.69, 9.17) is 4.74 Å². The van der Waals surface area contributed by atoms with Crippen LogP contribution in [0.4, 0.5) is 9.18 Å². The van der Waals surface area contributed by atoms with Gasteiger partial charge in [-0.2, -0.15) is 10.4 Å². The van der Waals surface area contributed by atoms with Crippen molar-refractivity contribution >= 4 is 11.9 Å².